The molecule has 1 heterocycles. The number of methoxy groups -OCH3 is 1. The normalized spacial score (nSPS) is 10.4. The predicted octanol–water partition coefficient (Wildman–Crippen LogP) is 4.24. The summed E-state index contributed by atoms with van der Waals surface area (Å²) in [5.74, 6) is 1.95. The lowest BCUT2D eigenvalue weighted by Crippen LogP contribution is -2.09. The molecule has 1 aromatic heterocycles. The molecule has 0 aliphatic heterocycles. The van der Waals surface area contributed by atoms with E-state index in [9.17, 15) is 0 Å². The Bertz CT molecular complexity index is 887. The first-order valence-corrected chi connectivity index (χ1v) is 8.63. The van der Waals surface area contributed by atoms with Crippen molar-refractivity contribution in [3.63, 3.8) is 0 Å². The highest BCUT2D eigenvalue weighted by Gasteiger charge is 2.06. The smallest absolute Gasteiger partial charge is 0.249 e. The molecule has 0 saturated carbocycles. The third-order valence-electron chi connectivity index (χ3n) is 3.97. The van der Waals surface area contributed by atoms with Crippen molar-refractivity contribution in [1.29, 1.82) is 0 Å². The van der Waals surface area contributed by atoms with Gasteiger partial charge in [0.1, 0.15) is 5.75 Å². The Morgan fingerprint density at radius 3 is 2.81 bits per heavy atom. The molecular formula is C19H20ClN5O. The maximum atomic E-state index is 6.14. The second-order valence-corrected chi connectivity index (χ2v) is 6.10. The van der Waals surface area contributed by atoms with E-state index in [2.05, 4.69) is 25.8 Å². The third kappa shape index (κ3) is 4.40. The van der Waals surface area contributed by atoms with Gasteiger partial charge in [-0.1, -0.05) is 35.9 Å². The second-order valence-electron chi connectivity index (χ2n) is 5.69. The number of ether oxygens (including phenoxy) is 1. The van der Waals surface area contributed by atoms with Crippen LogP contribution < -0.4 is 15.4 Å². The molecule has 134 valence electrons. The van der Waals surface area contributed by atoms with E-state index < -0.39 is 0 Å². The molecular weight excluding hydrogens is 350 g/mol. The van der Waals surface area contributed by atoms with E-state index in [4.69, 9.17) is 16.3 Å². The minimum absolute atomic E-state index is 0.414. The monoisotopic (exact) mass is 369 g/mol. The molecule has 0 radical (unpaired) electrons. The van der Waals surface area contributed by atoms with Gasteiger partial charge in [-0.05, 0) is 42.7 Å². The molecule has 0 amide bonds. The zero-order chi connectivity index (χ0) is 18.4. The summed E-state index contributed by atoms with van der Waals surface area (Å²) in [7, 11) is 1.68. The molecule has 0 bridgehead atoms. The Balaban J connectivity index is 1.63. The number of para-hydroxylation sites is 1. The van der Waals surface area contributed by atoms with Crippen molar-refractivity contribution >= 4 is 29.1 Å². The standard InChI is InChI=1S/C19H20ClN5O/c1-13-15(20)7-5-8-16(13)23-19-24-18(12-22-25-19)21-11-10-14-6-3-4-9-17(14)26-2/h3-9,12H,10-11H2,1-2H3,(H2,21,23,24,25). The van der Waals surface area contributed by atoms with Crippen LogP contribution in [0.1, 0.15) is 11.1 Å². The Hall–Kier alpha value is -2.86. The van der Waals surface area contributed by atoms with Crippen LogP contribution in [-0.4, -0.2) is 28.8 Å². The topological polar surface area (TPSA) is 72.0 Å². The molecule has 7 heteroatoms. The molecule has 0 aliphatic rings. The van der Waals surface area contributed by atoms with Crippen molar-refractivity contribution in [1.82, 2.24) is 15.2 Å². The fourth-order valence-electron chi connectivity index (χ4n) is 2.54. The number of anilines is 3. The van der Waals surface area contributed by atoms with Crippen LogP contribution in [0.3, 0.4) is 0 Å². The van der Waals surface area contributed by atoms with Crippen molar-refractivity contribution in [2.24, 2.45) is 0 Å². The van der Waals surface area contributed by atoms with Gasteiger partial charge in [-0.2, -0.15) is 10.1 Å². The molecule has 0 atom stereocenters. The minimum Gasteiger partial charge on any atom is -0.496 e. The van der Waals surface area contributed by atoms with Crippen LogP contribution in [0.2, 0.25) is 5.02 Å². The quantitative estimate of drug-likeness (QED) is 0.649. The van der Waals surface area contributed by atoms with Crippen LogP contribution in [-0.2, 0) is 6.42 Å². The van der Waals surface area contributed by atoms with E-state index in [-0.39, 0.29) is 0 Å². The highest BCUT2D eigenvalue weighted by Crippen LogP contribution is 2.25. The summed E-state index contributed by atoms with van der Waals surface area (Å²) < 4.78 is 5.37. The van der Waals surface area contributed by atoms with Gasteiger partial charge in [0.2, 0.25) is 5.95 Å². The average molecular weight is 370 g/mol. The lowest BCUT2D eigenvalue weighted by molar-refractivity contribution is 0.410. The summed E-state index contributed by atoms with van der Waals surface area (Å²) in [5.41, 5.74) is 2.93. The summed E-state index contributed by atoms with van der Waals surface area (Å²) >= 11 is 6.14. The molecule has 0 fully saturated rings. The zero-order valence-electron chi connectivity index (χ0n) is 14.7. The molecule has 0 spiro atoms. The van der Waals surface area contributed by atoms with Gasteiger partial charge in [-0.3, -0.25) is 0 Å². The molecule has 2 aromatic carbocycles. The van der Waals surface area contributed by atoms with Gasteiger partial charge in [0, 0.05) is 17.3 Å². The van der Waals surface area contributed by atoms with Crippen molar-refractivity contribution in [2.45, 2.75) is 13.3 Å². The number of hydrogen-bond acceptors (Lipinski definition) is 6. The van der Waals surface area contributed by atoms with Gasteiger partial charge in [-0.15, -0.1) is 5.10 Å². The number of benzene rings is 2. The van der Waals surface area contributed by atoms with Gasteiger partial charge >= 0.3 is 0 Å². The zero-order valence-corrected chi connectivity index (χ0v) is 15.4. The van der Waals surface area contributed by atoms with E-state index in [1.54, 1.807) is 13.3 Å². The number of aromatic nitrogens is 3. The van der Waals surface area contributed by atoms with Gasteiger partial charge in [0.05, 0.1) is 13.3 Å². The fraction of sp³-hybridized carbons (Fsp3) is 0.211. The molecule has 0 saturated heterocycles. The SMILES string of the molecule is COc1ccccc1CCNc1cnnc(Nc2cccc(Cl)c2C)n1. The molecule has 3 rings (SSSR count). The number of nitrogens with one attached hydrogen (secondary N) is 2. The Morgan fingerprint density at radius 1 is 1.12 bits per heavy atom. The number of halogens is 1. The summed E-state index contributed by atoms with van der Waals surface area (Å²) in [5, 5.41) is 15.1. The second kappa shape index (κ2) is 8.49. The first-order valence-electron chi connectivity index (χ1n) is 8.25. The summed E-state index contributed by atoms with van der Waals surface area (Å²) in [6.45, 7) is 2.64. The van der Waals surface area contributed by atoms with Crippen LogP contribution >= 0.6 is 11.6 Å². The maximum Gasteiger partial charge on any atom is 0.249 e. The van der Waals surface area contributed by atoms with Crippen LogP contribution in [0.5, 0.6) is 5.75 Å². The van der Waals surface area contributed by atoms with Crippen molar-refractivity contribution in [2.75, 3.05) is 24.3 Å². The lowest BCUT2D eigenvalue weighted by Gasteiger charge is -2.11. The molecule has 6 nitrogen and oxygen atoms in total. The summed E-state index contributed by atoms with van der Waals surface area (Å²) in [6.07, 6.45) is 2.41. The first-order chi connectivity index (χ1) is 12.7. The van der Waals surface area contributed by atoms with Crippen molar-refractivity contribution in [3.05, 3.63) is 64.8 Å². The van der Waals surface area contributed by atoms with Gasteiger partial charge in [0.15, 0.2) is 5.82 Å². The summed E-state index contributed by atoms with van der Waals surface area (Å²) in [4.78, 5) is 4.44. The Labute approximate surface area is 157 Å². The molecule has 0 aliphatic carbocycles. The van der Waals surface area contributed by atoms with E-state index in [0.717, 1.165) is 29.0 Å². The van der Waals surface area contributed by atoms with Crippen LogP contribution in [0.15, 0.2) is 48.7 Å². The first kappa shape index (κ1) is 17.9. The number of hydrogen-bond donors (Lipinski definition) is 2. The predicted molar refractivity (Wildman–Crippen MR) is 104 cm³/mol. The maximum absolute atomic E-state index is 6.14. The molecule has 0 unspecified atom stereocenters. The molecule has 2 N–H and O–H groups in total. The third-order valence-corrected chi connectivity index (χ3v) is 4.38. The van der Waals surface area contributed by atoms with Crippen LogP contribution in [0.4, 0.5) is 17.5 Å². The highest BCUT2D eigenvalue weighted by molar-refractivity contribution is 6.31. The fourth-order valence-corrected chi connectivity index (χ4v) is 2.71. The Kier molecular flexibility index (Phi) is 5.86. The lowest BCUT2D eigenvalue weighted by atomic mass is 10.1. The highest BCUT2D eigenvalue weighted by atomic mass is 35.5. The van der Waals surface area contributed by atoms with Gasteiger partial charge in [-0.25, -0.2) is 0 Å². The van der Waals surface area contributed by atoms with Crippen LogP contribution in [0.25, 0.3) is 0 Å². The molecule has 3 aromatic rings. The van der Waals surface area contributed by atoms with Gasteiger partial charge < -0.3 is 15.4 Å². The molecule has 26 heavy (non-hydrogen) atoms. The largest absolute Gasteiger partial charge is 0.496 e. The average Bonchev–Trinajstić information content (AvgIpc) is 2.66. The summed E-state index contributed by atoms with van der Waals surface area (Å²) in [6, 6.07) is 13.6. The van der Waals surface area contributed by atoms with Crippen molar-refractivity contribution in [3.8, 4) is 5.75 Å². The van der Waals surface area contributed by atoms with Crippen molar-refractivity contribution < 1.29 is 4.74 Å². The van der Waals surface area contributed by atoms with E-state index >= 15 is 0 Å². The van der Waals surface area contributed by atoms with Gasteiger partial charge in [0.25, 0.3) is 0 Å². The number of nitrogens with zero attached hydrogens (tertiary/aromatic N) is 3. The Morgan fingerprint density at radius 2 is 1.96 bits per heavy atom. The van der Waals surface area contributed by atoms with E-state index in [1.165, 1.54) is 0 Å². The number of rotatable bonds is 7. The van der Waals surface area contributed by atoms with Crippen LogP contribution in [0, 0.1) is 6.92 Å². The minimum atomic E-state index is 0.414. The van der Waals surface area contributed by atoms with E-state index in [0.29, 0.717) is 23.3 Å². The van der Waals surface area contributed by atoms with E-state index in [1.807, 2.05) is 49.4 Å².